The maximum Gasteiger partial charge on any atom is 0.0175 e. The molecular formula is C12H16BrN. The van der Waals surface area contributed by atoms with Crippen molar-refractivity contribution < 1.29 is 0 Å². The molecule has 0 aliphatic carbocycles. The predicted molar refractivity (Wildman–Crippen MR) is 63.6 cm³/mol. The number of hydrogen-bond acceptors (Lipinski definition) is 1. The first-order valence-corrected chi connectivity index (χ1v) is 6.05. The van der Waals surface area contributed by atoms with Gasteiger partial charge in [0.25, 0.3) is 0 Å². The summed E-state index contributed by atoms with van der Waals surface area (Å²) in [5, 5.41) is 3.53. The van der Waals surface area contributed by atoms with Gasteiger partial charge in [-0.05, 0) is 49.9 Å². The Balaban J connectivity index is 2.16. The van der Waals surface area contributed by atoms with E-state index in [1.165, 1.54) is 24.9 Å². The zero-order valence-corrected chi connectivity index (χ0v) is 10.0. The normalized spacial score (nSPS) is 27.6. The van der Waals surface area contributed by atoms with E-state index in [9.17, 15) is 0 Å². The van der Waals surface area contributed by atoms with E-state index >= 15 is 0 Å². The van der Waals surface area contributed by atoms with E-state index in [0.29, 0.717) is 12.0 Å². The van der Waals surface area contributed by atoms with Crippen molar-refractivity contribution in [3.63, 3.8) is 0 Å². The first kappa shape index (κ1) is 10.2. The number of benzene rings is 1. The molecule has 1 aromatic carbocycles. The molecule has 1 aromatic rings. The number of hydrogen-bond donors (Lipinski definition) is 1. The van der Waals surface area contributed by atoms with Crippen molar-refractivity contribution in [2.24, 2.45) is 0 Å². The van der Waals surface area contributed by atoms with Gasteiger partial charge in [0, 0.05) is 10.5 Å². The number of rotatable bonds is 1. The van der Waals surface area contributed by atoms with E-state index in [4.69, 9.17) is 0 Å². The second kappa shape index (κ2) is 4.45. The highest BCUT2D eigenvalue weighted by atomic mass is 79.9. The van der Waals surface area contributed by atoms with E-state index in [1.54, 1.807) is 0 Å². The van der Waals surface area contributed by atoms with E-state index in [1.807, 2.05) is 0 Å². The first-order chi connectivity index (χ1) is 6.77. The van der Waals surface area contributed by atoms with E-state index < -0.39 is 0 Å². The highest BCUT2D eigenvalue weighted by molar-refractivity contribution is 9.10. The summed E-state index contributed by atoms with van der Waals surface area (Å²) in [7, 11) is 0. The van der Waals surface area contributed by atoms with E-state index in [-0.39, 0.29) is 0 Å². The molecule has 2 unspecified atom stereocenters. The maximum absolute atomic E-state index is 3.53. The van der Waals surface area contributed by atoms with Crippen LogP contribution >= 0.6 is 15.9 Å². The Hall–Kier alpha value is -0.340. The van der Waals surface area contributed by atoms with Gasteiger partial charge in [-0.2, -0.15) is 0 Å². The molecule has 0 bridgehead atoms. The summed E-state index contributed by atoms with van der Waals surface area (Å²) in [5.74, 6) is 0.692. The number of halogens is 1. The largest absolute Gasteiger partial charge is 0.314 e. The molecule has 2 heteroatoms. The second-order valence-corrected chi connectivity index (χ2v) is 4.96. The fourth-order valence-corrected chi connectivity index (χ4v) is 2.47. The van der Waals surface area contributed by atoms with E-state index in [0.717, 1.165) is 4.47 Å². The van der Waals surface area contributed by atoms with Crippen molar-refractivity contribution >= 4 is 15.9 Å². The molecule has 0 amide bonds. The molecule has 1 heterocycles. The Kier molecular flexibility index (Phi) is 3.24. The molecule has 2 atom stereocenters. The summed E-state index contributed by atoms with van der Waals surface area (Å²) >= 11 is 3.47. The Morgan fingerprint density at radius 2 is 2.00 bits per heavy atom. The highest BCUT2D eigenvalue weighted by Gasteiger charge is 2.21. The second-order valence-electron chi connectivity index (χ2n) is 4.04. The van der Waals surface area contributed by atoms with Crippen LogP contribution in [0, 0.1) is 0 Å². The fourth-order valence-electron chi connectivity index (χ4n) is 2.21. The minimum Gasteiger partial charge on any atom is -0.314 e. The average molecular weight is 254 g/mol. The highest BCUT2D eigenvalue weighted by Crippen LogP contribution is 2.28. The molecular weight excluding hydrogens is 238 g/mol. The van der Waals surface area contributed by atoms with Crippen LogP contribution in [0.15, 0.2) is 28.7 Å². The molecule has 1 aliphatic heterocycles. The third-order valence-corrected chi connectivity index (χ3v) is 3.59. The van der Waals surface area contributed by atoms with Gasteiger partial charge in [0.05, 0.1) is 0 Å². The number of piperidine rings is 1. The third kappa shape index (κ3) is 2.18. The van der Waals surface area contributed by atoms with Crippen LogP contribution < -0.4 is 5.32 Å². The van der Waals surface area contributed by atoms with Crippen molar-refractivity contribution in [2.45, 2.75) is 31.7 Å². The maximum atomic E-state index is 3.53. The Morgan fingerprint density at radius 3 is 2.64 bits per heavy atom. The van der Waals surface area contributed by atoms with Gasteiger partial charge in [-0.15, -0.1) is 0 Å². The van der Waals surface area contributed by atoms with Crippen molar-refractivity contribution in [3.05, 3.63) is 34.3 Å². The average Bonchev–Trinajstić information content (AvgIpc) is 2.20. The molecule has 1 aliphatic rings. The standard InChI is InChI=1S/C12H16BrN/c1-9-12(3-2-8-14-9)10-4-6-11(13)7-5-10/h4-7,9,12,14H,2-3,8H2,1H3. The van der Waals surface area contributed by atoms with Crippen LogP contribution in [0.3, 0.4) is 0 Å². The summed E-state index contributed by atoms with van der Waals surface area (Å²) < 4.78 is 1.16. The van der Waals surface area contributed by atoms with Crippen molar-refractivity contribution in [1.29, 1.82) is 0 Å². The lowest BCUT2D eigenvalue weighted by atomic mass is 9.86. The van der Waals surface area contributed by atoms with Gasteiger partial charge >= 0.3 is 0 Å². The number of nitrogens with one attached hydrogen (secondary N) is 1. The molecule has 1 N–H and O–H groups in total. The van der Waals surface area contributed by atoms with Crippen LogP contribution in [0.2, 0.25) is 0 Å². The van der Waals surface area contributed by atoms with Crippen LogP contribution in [0.1, 0.15) is 31.2 Å². The third-order valence-electron chi connectivity index (χ3n) is 3.06. The van der Waals surface area contributed by atoms with Crippen molar-refractivity contribution in [2.75, 3.05) is 6.54 Å². The summed E-state index contributed by atoms with van der Waals surface area (Å²) in [6, 6.07) is 9.36. The molecule has 2 rings (SSSR count). The molecule has 1 saturated heterocycles. The Bertz CT molecular complexity index is 294. The molecule has 1 fully saturated rings. The molecule has 1 nitrogen and oxygen atoms in total. The van der Waals surface area contributed by atoms with Gasteiger partial charge in [-0.1, -0.05) is 28.1 Å². The monoisotopic (exact) mass is 253 g/mol. The van der Waals surface area contributed by atoms with Gasteiger partial charge in [0.15, 0.2) is 0 Å². The molecule has 14 heavy (non-hydrogen) atoms. The lowest BCUT2D eigenvalue weighted by Crippen LogP contribution is -2.37. The fraction of sp³-hybridized carbons (Fsp3) is 0.500. The zero-order chi connectivity index (χ0) is 9.97. The molecule has 76 valence electrons. The van der Waals surface area contributed by atoms with Crippen LogP contribution in [0.25, 0.3) is 0 Å². The van der Waals surface area contributed by atoms with Gasteiger partial charge in [0.1, 0.15) is 0 Å². The van der Waals surface area contributed by atoms with Crippen molar-refractivity contribution in [1.82, 2.24) is 5.32 Å². The predicted octanol–water partition coefficient (Wildman–Crippen LogP) is 3.30. The smallest absolute Gasteiger partial charge is 0.0175 e. The minimum atomic E-state index is 0.616. The molecule has 0 saturated carbocycles. The van der Waals surface area contributed by atoms with E-state index in [2.05, 4.69) is 52.4 Å². The van der Waals surface area contributed by atoms with Crippen LogP contribution in [0.4, 0.5) is 0 Å². The van der Waals surface area contributed by atoms with Gasteiger partial charge in [0.2, 0.25) is 0 Å². The lowest BCUT2D eigenvalue weighted by Gasteiger charge is -2.30. The van der Waals surface area contributed by atoms with Crippen molar-refractivity contribution in [3.8, 4) is 0 Å². The van der Waals surface area contributed by atoms with Gasteiger partial charge < -0.3 is 5.32 Å². The van der Waals surface area contributed by atoms with Crippen LogP contribution in [0.5, 0.6) is 0 Å². The molecule has 0 aromatic heterocycles. The van der Waals surface area contributed by atoms with Gasteiger partial charge in [-0.3, -0.25) is 0 Å². The quantitative estimate of drug-likeness (QED) is 0.810. The first-order valence-electron chi connectivity index (χ1n) is 5.26. The Morgan fingerprint density at radius 1 is 1.29 bits per heavy atom. The summed E-state index contributed by atoms with van der Waals surface area (Å²) in [5.41, 5.74) is 1.47. The zero-order valence-electron chi connectivity index (χ0n) is 8.46. The topological polar surface area (TPSA) is 12.0 Å². The summed E-state index contributed by atoms with van der Waals surface area (Å²) in [4.78, 5) is 0. The van der Waals surface area contributed by atoms with Crippen LogP contribution in [-0.2, 0) is 0 Å². The minimum absolute atomic E-state index is 0.616. The summed E-state index contributed by atoms with van der Waals surface area (Å²) in [6.07, 6.45) is 2.61. The Labute approximate surface area is 94.0 Å². The summed E-state index contributed by atoms with van der Waals surface area (Å²) in [6.45, 7) is 3.46. The molecule has 0 radical (unpaired) electrons. The van der Waals surface area contributed by atoms with Crippen LogP contribution in [-0.4, -0.2) is 12.6 Å². The van der Waals surface area contributed by atoms with Gasteiger partial charge in [-0.25, -0.2) is 0 Å². The molecule has 0 spiro atoms. The SMILES string of the molecule is CC1NCCCC1c1ccc(Br)cc1. The lowest BCUT2D eigenvalue weighted by molar-refractivity contribution is 0.371.